The Morgan fingerprint density at radius 2 is 2.31 bits per heavy atom. The average Bonchev–Trinajstić information content (AvgIpc) is 2.77. The van der Waals surface area contributed by atoms with Crippen LogP contribution in [0.1, 0.15) is 6.42 Å². The fourth-order valence-corrected chi connectivity index (χ4v) is 2.84. The summed E-state index contributed by atoms with van der Waals surface area (Å²) in [6, 6.07) is 1.40. The number of nitrogens with one attached hydrogen (secondary N) is 2. The molecule has 0 radical (unpaired) electrons. The van der Waals surface area contributed by atoms with E-state index in [2.05, 4.69) is 14.9 Å². The van der Waals surface area contributed by atoms with Crippen molar-refractivity contribution in [3.05, 3.63) is 12.3 Å². The van der Waals surface area contributed by atoms with Gasteiger partial charge in [-0.15, -0.1) is 0 Å². The Bertz CT molecular complexity index is 377. The molecular weight excluding hydrogens is 250 g/mol. The van der Waals surface area contributed by atoms with Gasteiger partial charge in [0.25, 0.3) is 10.0 Å². The first-order valence-electron chi connectivity index (χ1n) is 4.84. The van der Waals surface area contributed by atoms with E-state index < -0.39 is 10.0 Å². The summed E-state index contributed by atoms with van der Waals surface area (Å²) in [5.74, 6) is 1.52. The van der Waals surface area contributed by atoms with Crippen molar-refractivity contribution < 1.29 is 13.5 Å². The van der Waals surface area contributed by atoms with Crippen molar-refractivity contribution >= 4 is 21.8 Å². The molecule has 3 N–H and O–H groups in total. The Morgan fingerprint density at radius 3 is 2.94 bits per heavy atom. The van der Waals surface area contributed by atoms with Crippen molar-refractivity contribution in [3.63, 3.8) is 0 Å². The van der Waals surface area contributed by atoms with Crippen molar-refractivity contribution in [2.45, 2.75) is 11.4 Å². The Balaban J connectivity index is 2.22. The Morgan fingerprint density at radius 1 is 1.50 bits per heavy atom. The van der Waals surface area contributed by atoms with Crippen LogP contribution in [0.2, 0.25) is 0 Å². The molecule has 0 aromatic carbocycles. The van der Waals surface area contributed by atoms with Gasteiger partial charge < -0.3 is 5.11 Å². The second kappa shape index (κ2) is 6.89. The van der Waals surface area contributed by atoms with E-state index in [1.54, 1.807) is 11.8 Å². The summed E-state index contributed by atoms with van der Waals surface area (Å²) < 4.78 is 25.6. The Hall–Kier alpha value is -0.570. The summed E-state index contributed by atoms with van der Waals surface area (Å²) in [7, 11) is -3.44. The monoisotopic (exact) mass is 265 g/mol. The van der Waals surface area contributed by atoms with Crippen LogP contribution in [0.5, 0.6) is 0 Å². The molecule has 0 bridgehead atoms. The molecular formula is C8H15N3O3S2. The largest absolute Gasteiger partial charge is 0.396 e. The van der Waals surface area contributed by atoms with E-state index in [4.69, 9.17) is 5.11 Å². The van der Waals surface area contributed by atoms with Crippen molar-refractivity contribution in [2.75, 3.05) is 24.7 Å². The number of sulfonamides is 1. The molecule has 92 valence electrons. The summed E-state index contributed by atoms with van der Waals surface area (Å²) in [5, 5.41) is 14.6. The number of aromatic amines is 1. The first-order chi connectivity index (χ1) is 7.67. The zero-order chi connectivity index (χ0) is 11.9. The summed E-state index contributed by atoms with van der Waals surface area (Å²) in [4.78, 5) is 0. The van der Waals surface area contributed by atoms with Gasteiger partial charge in [-0.3, -0.25) is 5.10 Å². The lowest BCUT2D eigenvalue weighted by molar-refractivity contribution is 0.296. The van der Waals surface area contributed by atoms with Gasteiger partial charge in [-0.2, -0.15) is 16.9 Å². The highest BCUT2D eigenvalue weighted by atomic mass is 32.2. The highest BCUT2D eigenvalue weighted by Crippen LogP contribution is 2.04. The first kappa shape index (κ1) is 13.5. The molecule has 1 aromatic rings. The van der Waals surface area contributed by atoms with Crippen LogP contribution in [0.25, 0.3) is 0 Å². The molecule has 0 unspecified atom stereocenters. The number of rotatable bonds is 8. The van der Waals surface area contributed by atoms with Crippen LogP contribution in [0.3, 0.4) is 0 Å². The molecule has 8 heteroatoms. The van der Waals surface area contributed by atoms with Crippen molar-refractivity contribution in [3.8, 4) is 0 Å². The second-order valence-corrected chi connectivity index (χ2v) is 5.97. The number of aromatic nitrogens is 2. The van der Waals surface area contributed by atoms with Crippen molar-refractivity contribution in [2.24, 2.45) is 0 Å². The summed E-state index contributed by atoms with van der Waals surface area (Å²) in [5.41, 5.74) is 0. The molecule has 1 rings (SSSR count). The molecule has 1 heterocycles. The van der Waals surface area contributed by atoms with E-state index in [1.165, 1.54) is 12.3 Å². The standard InChI is InChI=1S/C8H15N3O3S2/c12-5-1-6-15-7-4-10-16(13,14)8-2-3-9-11-8/h2-3,10,12H,1,4-7H2,(H,9,11). The lowest BCUT2D eigenvalue weighted by Gasteiger charge is -2.03. The van der Waals surface area contributed by atoms with Crippen LogP contribution in [0.4, 0.5) is 0 Å². The Labute approximate surface area is 98.9 Å². The van der Waals surface area contributed by atoms with Crippen LogP contribution in [-0.4, -0.2) is 48.4 Å². The molecule has 0 saturated carbocycles. The van der Waals surface area contributed by atoms with Crippen LogP contribution >= 0.6 is 11.8 Å². The second-order valence-electron chi connectivity index (χ2n) is 3.01. The number of hydrogen-bond donors (Lipinski definition) is 3. The fraction of sp³-hybridized carbons (Fsp3) is 0.625. The third kappa shape index (κ3) is 4.52. The minimum absolute atomic E-state index is 0.0767. The fourth-order valence-electron chi connectivity index (χ4n) is 0.987. The zero-order valence-corrected chi connectivity index (χ0v) is 10.4. The molecule has 0 saturated heterocycles. The maximum Gasteiger partial charge on any atom is 0.257 e. The number of nitrogens with zero attached hydrogens (tertiary/aromatic N) is 1. The van der Waals surface area contributed by atoms with Gasteiger partial charge in [0.15, 0.2) is 5.03 Å². The quantitative estimate of drug-likeness (QED) is 0.566. The summed E-state index contributed by atoms with van der Waals surface area (Å²) in [6.45, 7) is 0.546. The number of hydrogen-bond acceptors (Lipinski definition) is 5. The molecule has 0 amide bonds. The van der Waals surface area contributed by atoms with Crippen molar-refractivity contribution in [1.29, 1.82) is 0 Å². The van der Waals surface area contributed by atoms with Gasteiger partial charge in [-0.05, 0) is 18.2 Å². The van der Waals surface area contributed by atoms with Gasteiger partial charge in [0.1, 0.15) is 0 Å². The van der Waals surface area contributed by atoms with Crippen LogP contribution < -0.4 is 4.72 Å². The molecule has 16 heavy (non-hydrogen) atoms. The summed E-state index contributed by atoms with van der Waals surface area (Å²) in [6.07, 6.45) is 2.13. The average molecular weight is 265 g/mol. The lowest BCUT2D eigenvalue weighted by Crippen LogP contribution is -2.26. The van der Waals surface area contributed by atoms with Crippen molar-refractivity contribution in [1.82, 2.24) is 14.9 Å². The van der Waals surface area contributed by atoms with Gasteiger partial charge >= 0.3 is 0 Å². The maximum atomic E-state index is 11.6. The smallest absolute Gasteiger partial charge is 0.257 e. The lowest BCUT2D eigenvalue weighted by atomic mass is 10.5. The van der Waals surface area contributed by atoms with Crippen LogP contribution in [0, 0.1) is 0 Å². The SMILES string of the molecule is O=S(=O)(NCCSCCCO)c1ccn[nH]1. The van der Waals surface area contributed by atoms with E-state index in [1.807, 2.05) is 0 Å². The molecule has 0 spiro atoms. The number of H-pyrrole nitrogens is 1. The normalized spacial score (nSPS) is 11.8. The molecule has 6 nitrogen and oxygen atoms in total. The van der Waals surface area contributed by atoms with E-state index in [9.17, 15) is 8.42 Å². The van der Waals surface area contributed by atoms with Gasteiger partial charge in [0.05, 0.1) is 6.20 Å². The van der Waals surface area contributed by atoms with E-state index in [0.717, 1.165) is 12.2 Å². The van der Waals surface area contributed by atoms with Crippen LogP contribution in [-0.2, 0) is 10.0 Å². The van der Waals surface area contributed by atoms with Gasteiger partial charge in [-0.1, -0.05) is 0 Å². The van der Waals surface area contributed by atoms with Gasteiger partial charge in [-0.25, -0.2) is 13.1 Å². The van der Waals surface area contributed by atoms with E-state index in [0.29, 0.717) is 12.3 Å². The van der Waals surface area contributed by atoms with Crippen LogP contribution in [0.15, 0.2) is 17.3 Å². The third-order valence-corrected chi connectivity index (χ3v) is 4.21. The molecule has 0 aliphatic carbocycles. The molecule has 1 aromatic heterocycles. The van der Waals surface area contributed by atoms with Gasteiger partial charge in [0.2, 0.25) is 0 Å². The Kier molecular flexibility index (Phi) is 5.81. The molecule has 0 aliphatic rings. The highest BCUT2D eigenvalue weighted by molar-refractivity contribution is 7.99. The maximum absolute atomic E-state index is 11.6. The predicted molar refractivity (Wildman–Crippen MR) is 62.8 cm³/mol. The molecule has 0 aliphatic heterocycles. The highest BCUT2D eigenvalue weighted by Gasteiger charge is 2.13. The van der Waals surface area contributed by atoms with E-state index >= 15 is 0 Å². The van der Waals surface area contributed by atoms with Gasteiger partial charge in [0, 0.05) is 18.9 Å². The third-order valence-electron chi connectivity index (χ3n) is 1.75. The first-order valence-corrected chi connectivity index (χ1v) is 7.48. The number of aliphatic hydroxyl groups excluding tert-OH is 1. The minimum atomic E-state index is -3.44. The minimum Gasteiger partial charge on any atom is -0.396 e. The van der Waals surface area contributed by atoms with E-state index in [-0.39, 0.29) is 11.6 Å². The molecule has 0 atom stereocenters. The number of thioether (sulfide) groups is 1. The topological polar surface area (TPSA) is 95.1 Å². The zero-order valence-electron chi connectivity index (χ0n) is 8.72. The molecule has 0 fully saturated rings. The number of aliphatic hydroxyl groups is 1. The summed E-state index contributed by atoms with van der Waals surface area (Å²) >= 11 is 1.60. The predicted octanol–water partition coefficient (Wildman–Crippen LogP) is -0.196.